The topological polar surface area (TPSA) is 174 Å². The van der Waals surface area contributed by atoms with Crippen LogP contribution in [0.2, 0.25) is 0 Å². The van der Waals surface area contributed by atoms with Crippen LogP contribution in [0.4, 0.5) is 4.79 Å². The number of hydrogen-bond donors (Lipinski definition) is 7. The Balaban J connectivity index is -0.00000112. The van der Waals surface area contributed by atoms with Crippen LogP contribution in [0.5, 0.6) is 0 Å². The van der Waals surface area contributed by atoms with Gasteiger partial charge in [-0.05, 0) is 0 Å². The molecule has 5 atom stereocenters. The van der Waals surface area contributed by atoms with Gasteiger partial charge >= 0.3 is 35.7 Å². The summed E-state index contributed by atoms with van der Waals surface area (Å²) in [7, 11) is 0. The van der Waals surface area contributed by atoms with Crippen molar-refractivity contribution in [1.82, 2.24) is 0 Å². The van der Waals surface area contributed by atoms with E-state index in [0.29, 0.717) is 0 Å². The van der Waals surface area contributed by atoms with Crippen molar-refractivity contribution in [1.29, 1.82) is 0 Å². The van der Waals surface area contributed by atoms with Gasteiger partial charge in [0.25, 0.3) is 0 Å². The summed E-state index contributed by atoms with van der Waals surface area (Å²) in [5.41, 5.74) is 4.53. The fourth-order valence-corrected chi connectivity index (χ4v) is 0.895. The molecule has 0 heterocycles. The number of nitrogens with two attached hydrogens (primary N) is 1. The van der Waals surface area contributed by atoms with E-state index in [2.05, 4.69) is 10.5 Å². The monoisotopic (exact) mass is 265 g/mol. The van der Waals surface area contributed by atoms with Gasteiger partial charge in [0, 0.05) is 0 Å². The Bertz CT molecular complexity index is 235. The Labute approximate surface area is 120 Å². The Morgan fingerprint density at radius 2 is 1.59 bits per heavy atom. The third-order valence-corrected chi connectivity index (χ3v) is 1.81. The minimum Gasteiger partial charge on any atom is -1.00 e. The maximum absolute atomic E-state index is 10.2. The Hall–Kier alpha value is 0.0300. The second kappa shape index (κ2) is 9.03. The van der Waals surface area contributed by atoms with Crippen molar-refractivity contribution < 1.29 is 71.2 Å². The van der Waals surface area contributed by atoms with Gasteiger partial charge in [-0.3, -0.25) is 0 Å². The molecule has 1 unspecified atom stereocenters. The van der Waals surface area contributed by atoms with Crippen molar-refractivity contribution in [2.75, 3.05) is 6.61 Å². The van der Waals surface area contributed by atoms with E-state index in [1.165, 1.54) is 0 Å². The van der Waals surface area contributed by atoms with E-state index in [-0.39, 0.29) is 31.0 Å². The standard InChI is InChI=1S/C7H15NO8.Na.H/c8-7(15)16-6(14)5(13)4(12)3(11)2(10)1-9;;/h2-6,9-14H,1H2,(H2,8,15);;/q;+1;-1/t2-,3-,4+,5+,6?;;/m1../s1. The van der Waals surface area contributed by atoms with E-state index >= 15 is 0 Å². The zero-order valence-electron chi connectivity index (χ0n) is 10.2. The van der Waals surface area contributed by atoms with Crippen molar-refractivity contribution in [3.05, 3.63) is 0 Å². The maximum Gasteiger partial charge on any atom is 1.00 e. The largest absolute Gasteiger partial charge is 1.00 e. The number of aliphatic hydroxyl groups is 6. The van der Waals surface area contributed by atoms with E-state index in [0.717, 1.165) is 0 Å². The van der Waals surface area contributed by atoms with Crippen LogP contribution in [0.3, 0.4) is 0 Å². The normalized spacial score (nSPS) is 19.4. The molecule has 1 amide bonds. The van der Waals surface area contributed by atoms with Crippen LogP contribution < -0.4 is 35.3 Å². The molecule has 9 nitrogen and oxygen atoms in total. The molecular weight excluding hydrogens is 249 g/mol. The first-order chi connectivity index (χ1) is 7.31. The van der Waals surface area contributed by atoms with Gasteiger partial charge in [0.1, 0.15) is 24.4 Å². The van der Waals surface area contributed by atoms with Gasteiger partial charge in [0.15, 0.2) is 0 Å². The molecule has 8 N–H and O–H groups in total. The molecule has 0 aliphatic rings. The number of rotatable bonds is 6. The molecule has 0 aromatic heterocycles. The number of carbonyl (C=O) groups excluding carboxylic acids is 1. The molecule has 0 radical (unpaired) electrons. The Morgan fingerprint density at radius 1 is 1.12 bits per heavy atom. The summed E-state index contributed by atoms with van der Waals surface area (Å²) >= 11 is 0. The Kier molecular flexibility index (Phi) is 10.3. The van der Waals surface area contributed by atoms with Crippen molar-refractivity contribution in [3.63, 3.8) is 0 Å². The van der Waals surface area contributed by atoms with E-state index in [9.17, 15) is 9.90 Å². The average Bonchev–Trinajstić information content (AvgIpc) is 2.23. The number of primary amides is 1. The van der Waals surface area contributed by atoms with Gasteiger partial charge in [-0.2, -0.15) is 0 Å². The molecule has 0 rings (SSSR count). The van der Waals surface area contributed by atoms with Crippen molar-refractivity contribution in [2.45, 2.75) is 30.7 Å². The molecule has 0 aliphatic heterocycles. The summed E-state index contributed by atoms with van der Waals surface area (Å²) < 4.78 is 3.93. The molecule has 0 aliphatic carbocycles. The van der Waals surface area contributed by atoms with E-state index in [1.807, 2.05) is 0 Å². The number of aliphatic hydroxyl groups excluding tert-OH is 6. The summed E-state index contributed by atoms with van der Waals surface area (Å²) in [5, 5.41) is 53.9. The molecule has 0 fully saturated rings. The van der Waals surface area contributed by atoms with Crippen LogP contribution in [0.15, 0.2) is 0 Å². The predicted octanol–water partition coefficient (Wildman–Crippen LogP) is -7.05. The zero-order chi connectivity index (χ0) is 12.9. The van der Waals surface area contributed by atoms with Crippen molar-refractivity contribution in [3.8, 4) is 0 Å². The van der Waals surface area contributed by atoms with Gasteiger partial charge in [-0.1, -0.05) is 0 Å². The first kappa shape index (κ1) is 19.4. The van der Waals surface area contributed by atoms with Crippen LogP contribution in [-0.4, -0.2) is 74.0 Å². The van der Waals surface area contributed by atoms with E-state index < -0.39 is 43.4 Å². The van der Waals surface area contributed by atoms with E-state index in [4.69, 9.17) is 25.5 Å². The van der Waals surface area contributed by atoms with Gasteiger partial charge in [-0.25, -0.2) is 4.79 Å². The minimum absolute atomic E-state index is 0. The van der Waals surface area contributed by atoms with Crippen LogP contribution in [0, 0.1) is 0 Å². The summed E-state index contributed by atoms with van der Waals surface area (Å²) in [6.07, 6.45) is -11.3. The van der Waals surface area contributed by atoms with Gasteiger partial charge in [0.2, 0.25) is 6.29 Å². The fourth-order valence-electron chi connectivity index (χ4n) is 0.895. The molecule has 17 heavy (non-hydrogen) atoms. The number of ether oxygens (including phenoxy) is 1. The summed E-state index contributed by atoms with van der Waals surface area (Å²) in [4.78, 5) is 10.2. The number of hydrogen-bond acceptors (Lipinski definition) is 8. The summed E-state index contributed by atoms with van der Waals surface area (Å²) in [6.45, 7) is -0.863. The van der Waals surface area contributed by atoms with Crippen LogP contribution in [0.1, 0.15) is 1.43 Å². The molecule has 98 valence electrons. The second-order valence-corrected chi connectivity index (χ2v) is 3.05. The van der Waals surface area contributed by atoms with E-state index in [1.54, 1.807) is 0 Å². The van der Waals surface area contributed by atoms with Gasteiger partial charge in [-0.15, -0.1) is 0 Å². The molecule has 0 spiro atoms. The predicted molar refractivity (Wildman–Crippen MR) is 48.9 cm³/mol. The molecule has 0 aromatic rings. The smallest absolute Gasteiger partial charge is 1.00 e. The molecular formula is C7H16NNaO8. The summed E-state index contributed by atoms with van der Waals surface area (Å²) in [5.74, 6) is 0. The second-order valence-electron chi connectivity index (χ2n) is 3.05. The summed E-state index contributed by atoms with van der Waals surface area (Å²) in [6, 6.07) is 0. The minimum atomic E-state index is -2.16. The van der Waals surface area contributed by atoms with Crippen molar-refractivity contribution in [2.24, 2.45) is 5.73 Å². The quantitative estimate of drug-likeness (QED) is 0.183. The fraction of sp³-hybridized carbons (Fsp3) is 0.857. The van der Waals surface area contributed by atoms with Crippen LogP contribution in [-0.2, 0) is 4.74 Å². The third-order valence-electron chi connectivity index (χ3n) is 1.81. The van der Waals surface area contributed by atoms with Gasteiger partial charge < -0.3 is 42.5 Å². The van der Waals surface area contributed by atoms with Crippen LogP contribution >= 0.6 is 0 Å². The molecule has 10 heteroatoms. The van der Waals surface area contributed by atoms with Crippen molar-refractivity contribution >= 4 is 6.09 Å². The maximum atomic E-state index is 10.2. The van der Waals surface area contributed by atoms with Gasteiger partial charge in [0.05, 0.1) is 6.61 Å². The third kappa shape index (κ3) is 6.50. The molecule has 0 aromatic carbocycles. The number of amides is 1. The number of carbonyl (C=O) groups is 1. The molecule has 0 bridgehead atoms. The first-order valence-corrected chi connectivity index (χ1v) is 4.28. The Morgan fingerprint density at radius 3 is 1.94 bits per heavy atom. The first-order valence-electron chi connectivity index (χ1n) is 4.28. The SMILES string of the molecule is NC(=O)OC(O)[C@@H](O)[C@@H](O)[C@H](O)[C@H](O)CO.[H-].[Na+]. The molecule has 0 saturated heterocycles. The van der Waals surface area contributed by atoms with Crippen LogP contribution in [0.25, 0.3) is 0 Å². The zero-order valence-corrected chi connectivity index (χ0v) is 11.2. The average molecular weight is 265 g/mol. The molecule has 0 saturated carbocycles.